The van der Waals surface area contributed by atoms with Gasteiger partial charge in [-0.1, -0.05) is 0 Å². The normalized spacial score (nSPS) is 22.1. The number of rotatable bonds is 6. The van der Waals surface area contributed by atoms with Gasteiger partial charge >= 0.3 is 0 Å². The monoisotopic (exact) mass is 566 g/mol. The van der Waals surface area contributed by atoms with E-state index in [1.54, 1.807) is 30.3 Å². The van der Waals surface area contributed by atoms with E-state index in [0.29, 0.717) is 16.6 Å². The standard InChI is InChI=1S/C30H32F2N4O5/c1-40-22-4-2-21(3-5-22)36-12-7-24-26(36)33-19-35(28(24)38)18-29(39)10-13-34(14-11-29)27(37)23-6-9-30(31,32)16-25(23)20-8-15-41-17-20/h2-5,7-8,12,15,17,19,23,25,39H,6,9-11,13-14,16,18H2,1H3/t23-,25+/m0/s1. The Morgan fingerprint density at radius 1 is 1.15 bits per heavy atom. The Bertz CT molecular complexity index is 1590. The van der Waals surface area contributed by atoms with E-state index >= 15 is 0 Å². The van der Waals surface area contributed by atoms with Crippen molar-refractivity contribution in [3.05, 3.63) is 77.4 Å². The zero-order chi connectivity index (χ0) is 28.8. The zero-order valence-electron chi connectivity index (χ0n) is 22.7. The molecule has 41 heavy (non-hydrogen) atoms. The van der Waals surface area contributed by atoms with Gasteiger partial charge in [0.25, 0.3) is 5.56 Å². The average Bonchev–Trinajstić information content (AvgIpc) is 3.65. The first-order chi connectivity index (χ1) is 19.7. The molecule has 2 fully saturated rings. The van der Waals surface area contributed by atoms with Gasteiger partial charge in [-0.3, -0.25) is 14.2 Å². The Kier molecular flexibility index (Phi) is 6.93. The lowest BCUT2D eigenvalue weighted by atomic mass is 9.73. The number of carbonyl (C=O) groups is 1. The third-order valence-corrected chi connectivity index (χ3v) is 8.61. The van der Waals surface area contributed by atoms with Crippen LogP contribution in [0.1, 0.15) is 43.6 Å². The van der Waals surface area contributed by atoms with Crippen LogP contribution in [0.2, 0.25) is 0 Å². The van der Waals surface area contributed by atoms with Gasteiger partial charge in [-0.05, 0) is 61.2 Å². The second kappa shape index (κ2) is 10.4. The van der Waals surface area contributed by atoms with Gasteiger partial charge in [0.1, 0.15) is 12.1 Å². The number of fused-ring (bicyclic) bond motifs is 1. The van der Waals surface area contributed by atoms with Crippen molar-refractivity contribution >= 4 is 16.9 Å². The number of amides is 1. The Balaban J connectivity index is 1.14. The second-order valence-electron chi connectivity index (χ2n) is 11.2. The topological polar surface area (TPSA) is 103 Å². The van der Waals surface area contributed by atoms with Gasteiger partial charge in [0.2, 0.25) is 11.8 Å². The maximum atomic E-state index is 14.3. The number of hydrogen-bond acceptors (Lipinski definition) is 6. The van der Waals surface area contributed by atoms with Crippen LogP contribution in [0.4, 0.5) is 8.78 Å². The number of piperidine rings is 1. The van der Waals surface area contributed by atoms with Crippen LogP contribution in [0, 0.1) is 5.92 Å². The zero-order valence-corrected chi connectivity index (χ0v) is 22.7. The number of halogens is 2. The van der Waals surface area contributed by atoms with Crippen LogP contribution in [-0.4, -0.2) is 61.8 Å². The molecule has 3 aromatic heterocycles. The van der Waals surface area contributed by atoms with E-state index in [2.05, 4.69) is 4.98 Å². The molecule has 0 spiro atoms. The van der Waals surface area contributed by atoms with Crippen molar-refractivity contribution < 1.29 is 27.8 Å². The second-order valence-corrected chi connectivity index (χ2v) is 11.2. The molecule has 1 aliphatic heterocycles. The highest BCUT2D eigenvalue weighted by molar-refractivity contribution is 5.80. The number of alkyl halides is 2. The maximum Gasteiger partial charge on any atom is 0.262 e. The molecule has 4 aromatic rings. The van der Waals surface area contributed by atoms with E-state index in [-0.39, 0.29) is 63.2 Å². The average molecular weight is 567 g/mol. The van der Waals surface area contributed by atoms with Gasteiger partial charge in [0.05, 0.1) is 37.2 Å². The first-order valence-electron chi connectivity index (χ1n) is 13.8. The Morgan fingerprint density at radius 3 is 2.59 bits per heavy atom. The number of aromatic nitrogens is 3. The van der Waals surface area contributed by atoms with E-state index in [9.17, 15) is 23.5 Å². The molecule has 1 saturated carbocycles. The molecule has 1 aliphatic carbocycles. The number of carbonyl (C=O) groups excluding carboxylic acids is 1. The van der Waals surface area contributed by atoms with E-state index < -0.39 is 23.4 Å². The third kappa shape index (κ3) is 5.26. The predicted molar refractivity (Wildman–Crippen MR) is 146 cm³/mol. The summed E-state index contributed by atoms with van der Waals surface area (Å²) >= 11 is 0. The number of likely N-dealkylation sites (tertiary alicyclic amines) is 1. The van der Waals surface area contributed by atoms with Crippen LogP contribution in [-0.2, 0) is 11.3 Å². The van der Waals surface area contributed by atoms with Crippen LogP contribution in [0.25, 0.3) is 16.7 Å². The highest BCUT2D eigenvalue weighted by Gasteiger charge is 2.47. The summed E-state index contributed by atoms with van der Waals surface area (Å²) in [6.45, 7) is 0.592. The molecular formula is C30H32F2N4O5. The number of nitrogens with zero attached hydrogens (tertiary/aromatic N) is 4. The molecule has 0 bridgehead atoms. The Morgan fingerprint density at radius 2 is 1.90 bits per heavy atom. The smallest absolute Gasteiger partial charge is 0.262 e. The van der Waals surface area contributed by atoms with Gasteiger partial charge in [-0.25, -0.2) is 13.8 Å². The lowest BCUT2D eigenvalue weighted by Gasteiger charge is -2.42. The van der Waals surface area contributed by atoms with Crippen LogP contribution in [0.3, 0.4) is 0 Å². The number of methoxy groups -OCH3 is 1. The lowest BCUT2D eigenvalue weighted by molar-refractivity contribution is -0.145. The molecule has 6 rings (SSSR count). The summed E-state index contributed by atoms with van der Waals surface area (Å²) in [5, 5.41) is 11.8. The molecule has 0 radical (unpaired) electrons. The fraction of sp³-hybridized carbons (Fsp3) is 0.433. The van der Waals surface area contributed by atoms with Crippen LogP contribution >= 0.6 is 0 Å². The quantitative estimate of drug-likeness (QED) is 0.372. The summed E-state index contributed by atoms with van der Waals surface area (Å²) < 4.78 is 42.1. The fourth-order valence-corrected chi connectivity index (χ4v) is 6.24. The third-order valence-electron chi connectivity index (χ3n) is 8.61. The highest BCUT2D eigenvalue weighted by Crippen LogP contribution is 2.46. The number of hydrogen-bond donors (Lipinski definition) is 1. The van der Waals surface area contributed by atoms with Gasteiger partial charge in [0, 0.05) is 49.7 Å². The Labute approximate surface area is 235 Å². The number of benzene rings is 1. The number of ether oxygens (including phenoxy) is 1. The molecule has 1 amide bonds. The summed E-state index contributed by atoms with van der Waals surface area (Å²) in [7, 11) is 1.60. The van der Waals surface area contributed by atoms with E-state index in [1.165, 1.54) is 23.4 Å². The minimum atomic E-state index is -2.82. The molecular weight excluding hydrogens is 534 g/mol. The van der Waals surface area contributed by atoms with Crippen molar-refractivity contribution in [2.24, 2.45) is 5.92 Å². The first-order valence-corrected chi connectivity index (χ1v) is 13.8. The van der Waals surface area contributed by atoms with Gasteiger partial charge < -0.3 is 23.7 Å². The molecule has 1 aromatic carbocycles. The maximum absolute atomic E-state index is 14.3. The SMILES string of the molecule is COc1ccc(-n2ccc3c(=O)n(CC4(O)CCN(C(=O)[C@H]5CCC(F)(F)C[C@@H]5c5ccoc5)CC4)cnc32)cc1. The molecule has 11 heteroatoms. The van der Waals surface area contributed by atoms with E-state index in [4.69, 9.17) is 9.15 Å². The van der Waals surface area contributed by atoms with Gasteiger partial charge in [0.15, 0.2) is 5.65 Å². The molecule has 216 valence electrons. The van der Waals surface area contributed by atoms with Crippen molar-refractivity contribution in [1.82, 2.24) is 19.0 Å². The predicted octanol–water partition coefficient (Wildman–Crippen LogP) is 4.36. The van der Waals surface area contributed by atoms with Crippen molar-refractivity contribution in [2.45, 2.75) is 56.1 Å². The highest BCUT2D eigenvalue weighted by atomic mass is 19.3. The molecule has 1 N–H and O–H groups in total. The largest absolute Gasteiger partial charge is 0.497 e. The minimum absolute atomic E-state index is 0.0395. The number of furan rings is 1. The molecule has 4 heterocycles. The molecule has 0 unspecified atom stereocenters. The fourth-order valence-electron chi connectivity index (χ4n) is 6.24. The molecule has 9 nitrogen and oxygen atoms in total. The van der Waals surface area contributed by atoms with Gasteiger partial charge in [-0.15, -0.1) is 0 Å². The van der Waals surface area contributed by atoms with E-state index in [1.807, 2.05) is 28.8 Å². The van der Waals surface area contributed by atoms with Gasteiger partial charge in [-0.2, -0.15) is 0 Å². The Hall–Kier alpha value is -3.99. The first kappa shape index (κ1) is 27.2. The summed E-state index contributed by atoms with van der Waals surface area (Å²) in [4.78, 5) is 33.0. The lowest BCUT2D eigenvalue weighted by Crippen LogP contribution is -2.52. The van der Waals surface area contributed by atoms with Crippen LogP contribution in [0.5, 0.6) is 5.75 Å². The van der Waals surface area contributed by atoms with Crippen LogP contribution in [0.15, 0.2) is 70.7 Å². The molecule has 2 atom stereocenters. The summed E-state index contributed by atoms with van der Waals surface area (Å²) in [6.07, 6.45) is 6.00. The summed E-state index contributed by atoms with van der Waals surface area (Å²) in [6, 6.07) is 10.8. The number of aliphatic hydroxyl groups is 1. The molecule has 2 aliphatic rings. The summed E-state index contributed by atoms with van der Waals surface area (Å²) in [5.74, 6) is -3.46. The molecule has 1 saturated heterocycles. The van der Waals surface area contributed by atoms with Crippen molar-refractivity contribution in [1.29, 1.82) is 0 Å². The minimum Gasteiger partial charge on any atom is -0.497 e. The van der Waals surface area contributed by atoms with E-state index in [0.717, 1.165) is 11.4 Å². The van der Waals surface area contributed by atoms with Crippen molar-refractivity contribution in [3.8, 4) is 11.4 Å². The van der Waals surface area contributed by atoms with Crippen molar-refractivity contribution in [3.63, 3.8) is 0 Å². The summed E-state index contributed by atoms with van der Waals surface area (Å²) in [5.41, 5.74) is 0.476. The van der Waals surface area contributed by atoms with Crippen LogP contribution < -0.4 is 10.3 Å². The van der Waals surface area contributed by atoms with Crippen molar-refractivity contribution in [2.75, 3.05) is 20.2 Å².